The van der Waals surface area contributed by atoms with E-state index in [1.807, 2.05) is 29.0 Å². The number of benzene rings is 2. The Morgan fingerprint density at radius 2 is 1.81 bits per heavy atom. The van der Waals surface area contributed by atoms with E-state index < -0.39 is 5.92 Å². The third-order valence-corrected chi connectivity index (χ3v) is 4.92. The van der Waals surface area contributed by atoms with Crippen LogP contribution in [0.15, 0.2) is 59.7 Å². The van der Waals surface area contributed by atoms with Crippen molar-refractivity contribution in [1.29, 1.82) is 0 Å². The SMILES string of the molecule is CC(F)(F)c1ccc(C2=NCc3cc(Cl)cc(Cl)c3-n3cccc32)cc1. The third kappa shape index (κ3) is 2.93. The van der Waals surface area contributed by atoms with Gasteiger partial charge in [-0.15, -0.1) is 0 Å². The maximum atomic E-state index is 13.5. The summed E-state index contributed by atoms with van der Waals surface area (Å²) in [4.78, 5) is 4.71. The first-order valence-electron chi connectivity index (χ1n) is 8.04. The highest BCUT2D eigenvalue weighted by Crippen LogP contribution is 2.34. The van der Waals surface area contributed by atoms with Crippen LogP contribution in [-0.4, -0.2) is 10.3 Å². The van der Waals surface area contributed by atoms with Gasteiger partial charge in [-0.25, -0.2) is 8.78 Å². The molecule has 0 saturated heterocycles. The van der Waals surface area contributed by atoms with E-state index in [0.717, 1.165) is 35.1 Å². The molecule has 1 aliphatic heterocycles. The smallest absolute Gasteiger partial charge is 0.270 e. The Kier molecular flexibility index (Phi) is 4.13. The third-order valence-electron chi connectivity index (χ3n) is 4.41. The van der Waals surface area contributed by atoms with Gasteiger partial charge in [-0.1, -0.05) is 47.5 Å². The van der Waals surface area contributed by atoms with E-state index in [9.17, 15) is 8.78 Å². The molecule has 2 heterocycles. The van der Waals surface area contributed by atoms with Crippen molar-refractivity contribution in [2.24, 2.45) is 4.99 Å². The van der Waals surface area contributed by atoms with Crippen LogP contribution in [0.3, 0.4) is 0 Å². The van der Waals surface area contributed by atoms with E-state index in [2.05, 4.69) is 0 Å². The monoisotopic (exact) mass is 390 g/mol. The Morgan fingerprint density at radius 1 is 1.08 bits per heavy atom. The zero-order valence-electron chi connectivity index (χ0n) is 13.8. The van der Waals surface area contributed by atoms with E-state index in [1.165, 1.54) is 12.1 Å². The molecule has 2 aromatic carbocycles. The first kappa shape index (κ1) is 17.3. The Labute approximate surface area is 159 Å². The second kappa shape index (κ2) is 6.22. The van der Waals surface area contributed by atoms with Gasteiger partial charge in [0.1, 0.15) is 0 Å². The fraction of sp³-hybridized carbons (Fsp3) is 0.150. The zero-order chi connectivity index (χ0) is 18.5. The number of hydrogen-bond acceptors (Lipinski definition) is 1. The lowest BCUT2D eigenvalue weighted by Gasteiger charge is -2.14. The summed E-state index contributed by atoms with van der Waals surface area (Å²) in [5, 5.41) is 1.10. The van der Waals surface area contributed by atoms with Crippen molar-refractivity contribution in [2.45, 2.75) is 19.4 Å². The molecule has 2 nitrogen and oxygen atoms in total. The molecular weight excluding hydrogens is 377 g/mol. The van der Waals surface area contributed by atoms with Crippen LogP contribution in [0.1, 0.15) is 29.3 Å². The van der Waals surface area contributed by atoms with Crippen LogP contribution in [-0.2, 0) is 12.5 Å². The largest absolute Gasteiger partial charge is 0.313 e. The van der Waals surface area contributed by atoms with Crippen molar-refractivity contribution in [1.82, 2.24) is 4.57 Å². The minimum Gasteiger partial charge on any atom is -0.313 e. The van der Waals surface area contributed by atoms with E-state index >= 15 is 0 Å². The van der Waals surface area contributed by atoms with E-state index in [1.54, 1.807) is 18.2 Å². The van der Waals surface area contributed by atoms with Crippen LogP contribution in [0.4, 0.5) is 8.78 Å². The minimum atomic E-state index is -2.87. The summed E-state index contributed by atoms with van der Waals surface area (Å²) in [7, 11) is 0. The molecule has 0 aliphatic carbocycles. The molecule has 0 fully saturated rings. The quantitative estimate of drug-likeness (QED) is 0.492. The van der Waals surface area contributed by atoms with Crippen molar-refractivity contribution in [3.8, 4) is 5.69 Å². The van der Waals surface area contributed by atoms with Gasteiger partial charge in [-0.3, -0.25) is 4.99 Å². The lowest BCUT2D eigenvalue weighted by Crippen LogP contribution is -2.10. The van der Waals surface area contributed by atoms with Gasteiger partial charge in [0.15, 0.2) is 0 Å². The van der Waals surface area contributed by atoms with Gasteiger partial charge in [-0.2, -0.15) is 0 Å². The second-order valence-corrected chi connectivity index (χ2v) is 7.13. The van der Waals surface area contributed by atoms with Crippen LogP contribution in [0, 0.1) is 0 Å². The fourth-order valence-electron chi connectivity index (χ4n) is 3.18. The highest BCUT2D eigenvalue weighted by atomic mass is 35.5. The average molecular weight is 391 g/mol. The van der Waals surface area contributed by atoms with Crippen LogP contribution in [0.2, 0.25) is 10.0 Å². The number of nitrogens with zero attached hydrogens (tertiary/aromatic N) is 2. The Bertz CT molecular complexity index is 1020. The number of aliphatic imine (C=N–C) groups is 1. The molecule has 132 valence electrons. The molecular formula is C20H14Cl2F2N2. The predicted octanol–water partition coefficient (Wildman–Crippen LogP) is 6.25. The van der Waals surface area contributed by atoms with Crippen LogP contribution in [0.25, 0.3) is 5.69 Å². The summed E-state index contributed by atoms with van der Waals surface area (Å²) in [6.45, 7) is 1.29. The van der Waals surface area contributed by atoms with E-state index in [0.29, 0.717) is 16.6 Å². The average Bonchev–Trinajstić information content (AvgIpc) is 2.97. The number of rotatable bonds is 2. The molecule has 3 aromatic rings. The molecule has 26 heavy (non-hydrogen) atoms. The number of halogens is 4. The number of hydrogen-bond donors (Lipinski definition) is 0. The molecule has 0 saturated carbocycles. The van der Waals surface area contributed by atoms with Crippen LogP contribution < -0.4 is 0 Å². The fourth-order valence-corrected chi connectivity index (χ4v) is 3.81. The lowest BCUT2D eigenvalue weighted by atomic mass is 10.0. The van der Waals surface area contributed by atoms with Gasteiger partial charge in [0.05, 0.1) is 28.7 Å². The van der Waals surface area contributed by atoms with E-state index in [-0.39, 0.29) is 5.56 Å². The van der Waals surface area contributed by atoms with Gasteiger partial charge < -0.3 is 4.57 Å². The van der Waals surface area contributed by atoms with Crippen LogP contribution >= 0.6 is 23.2 Å². The number of alkyl halides is 2. The highest BCUT2D eigenvalue weighted by Gasteiger charge is 2.25. The van der Waals surface area contributed by atoms with Crippen molar-refractivity contribution in [3.05, 3.63) is 87.2 Å². The van der Waals surface area contributed by atoms with Crippen molar-refractivity contribution >= 4 is 28.9 Å². The lowest BCUT2D eigenvalue weighted by molar-refractivity contribution is 0.0175. The van der Waals surface area contributed by atoms with Gasteiger partial charge >= 0.3 is 0 Å². The Hall–Kier alpha value is -2.17. The molecule has 0 radical (unpaired) electrons. The molecule has 1 aliphatic rings. The van der Waals surface area contributed by atoms with Crippen molar-refractivity contribution < 1.29 is 8.78 Å². The minimum absolute atomic E-state index is 0.0241. The first-order chi connectivity index (χ1) is 12.3. The molecule has 0 amide bonds. The van der Waals surface area contributed by atoms with Crippen molar-refractivity contribution in [2.75, 3.05) is 0 Å². The summed E-state index contributed by atoms with van der Waals surface area (Å²) in [5.74, 6) is -2.87. The summed E-state index contributed by atoms with van der Waals surface area (Å²) < 4.78 is 28.9. The Morgan fingerprint density at radius 3 is 2.50 bits per heavy atom. The highest BCUT2D eigenvalue weighted by molar-refractivity contribution is 6.36. The maximum absolute atomic E-state index is 13.5. The summed E-state index contributed by atoms with van der Waals surface area (Å²) >= 11 is 12.6. The summed E-state index contributed by atoms with van der Waals surface area (Å²) in [6, 6.07) is 13.6. The van der Waals surface area contributed by atoms with Gasteiger partial charge in [-0.05, 0) is 24.3 Å². The topological polar surface area (TPSA) is 17.3 Å². The van der Waals surface area contributed by atoms with Crippen molar-refractivity contribution in [3.63, 3.8) is 0 Å². The second-order valence-electron chi connectivity index (χ2n) is 6.29. The molecule has 0 unspecified atom stereocenters. The van der Waals surface area contributed by atoms with Gasteiger partial charge in [0.25, 0.3) is 5.92 Å². The normalized spacial score (nSPS) is 13.7. The van der Waals surface area contributed by atoms with Gasteiger partial charge in [0.2, 0.25) is 0 Å². The van der Waals surface area contributed by atoms with Gasteiger partial charge in [0, 0.05) is 34.8 Å². The molecule has 4 rings (SSSR count). The molecule has 1 aromatic heterocycles. The predicted molar refractivity (Wildman–Crippen MR) is 101 cm³/mol. The zero-order valence-corrected chi connectivity index (χ0v) is 15.3. The summed E-state index contributed by atoms with van der Waals surface area (Å²) in [6.07, 6.45) is 1.91. The Balaban J connectivity index is 1.85. The first-order valence-corrected chi connectivity index (χ1v) is 8.79. The number of fused-ring (bicyclic) bond motifs is 3. The molecule has 0 bridgehead atoms. The maximum Gasteiger partial charge on any atom is 0.270 e. The molecule has 0 N–H and O–H groups in total. The molecule has 0 spiro atoms. The standard InChI is InChI=1S/C20H14Cl2F2N2/c1-20(23,24)14-6-4-12(5-7-14)18-17-3-2-8-26(17)19-13(11-25-18)9-15(21)10-16(19)22/h2-10H,11H2,1H3. The summed E-state index contributed by atoms with van der Waals surface area (Å²) in [5.41, 5.74) is 4.07. The van der Waals surface area contributed by atoms with Crippen LogP contribution in [0.5, 0.6) is 0 Å². The number of aromatic nitrogens is 1. The van der Waals surface area contributed by atoms with E-state index in [4.69, 9.17) is 28.2 Å². The molecule has 6 heteroatoms. The molecule has 0 atom stereocenters.